The average molecular weight is 367 g/mol. The van der Waals surface area contributed by atoms with Crippen molar-refractivity contribution in [3.05, 3.63) is 11.6 Å². The minimum atomic E-state index is -2.10. The molecule has 0 heterocycles. The van der Waals surface area contributed by atoms with Crippen LogP contribution >= 0.6 is 0 Å². The summed E-state index contributed by atoms with van der Waals surface area (Å²) >= 11 is 0. The van der Waals surface area contributed by atoms with Crippen molar-refractivity contribution < 1.29 is 14.0 Å². The fraction of sp³-hybridized carbons (Fsp3) is 0.857. The Balaban J connectivity index is 2.58. The van der Waals surface area contributed by atoms with Gasteiger partial charge in [0.1, 0.15) is 0 Å². The first-order valence-corrected chi connectivity index (χ1v) is 12.1. The van der Waals surface area contributed by atoms with Crippen LogP contribution in [0.2, 0.25) is 16.6 Å². The molecule has 1 saturated carbocycles. The summed E-state index contributed by atoms with van der Waals surface area (Å²) in [5, 5.41) is 0. The molecule has 0 amide bonds. The molecular weight excluding hydrogens is 328 g/mol. The maximum Gasteiger partial charge on any atom is 0.312 e. The van der Waals surface area contributed by atoms with E-state index in [1.54, 1.807) is 0 Å². The molecule has 0 aromatic heterocycles. The number of esters is 1. The molecule has 0 N–H and O–H groups in total. The third-order valence-electron chi connectivity index (χ3n) is 7.12. The van der Waals surface area contributed by atoms with Crippen LogP contribution in [0.1, 0.15) is 68.2 Å². The van der Waals surface area contributed by atoms with Gasteiger partial charge in [0.15, 0.2) is 0 Å². The minimum Gasteiger partial charge on any atom is -0.469 e. The van der Waals surface area contributed by atoms with Gasteiger partial charge in [0.2, 0.25) is 8.32 Å². The predicted molar refractivity (Wildman–Crippen MR) is 106 cm³/mol. The van der Waals surface area contributed by atoms with Crippen molar-refractivity contribution in [1.29, 1.82) is 0 Å². The third-order valence-corrected chi connectivity index (χ3v) is 13.3. The monoisotopic (exact) mass is 366 g/mol. The maximum atomic E-state index is 12.8. The van der Waals surface area contributed by atoms with E-state index in [1.807, 2.05) is 0 Å². The summed E-state index contributed by atoms with van der Waals surface area (Å²) in [4.78, 5) is 12.8. The van der Waals surface area contributed by atoms with Gasteiger partial charge in [0.25, 0.3) is 0 Å². The van der Waals surface area contributed by atoms with Crippen LogP contribution in [-0.2, 0) is 14.0 Å². The highest BCUT2D eigenvalue weighted by molar-refractivity contribution is 6.77. The smallest absolute Gasteiger partial charge is 0.312 e. The Kier molecular flexibility index (Phi) is 5.95. The summed E-state index contributed by atoms with van der Waals surface area (Å²) in [6.07, 6.45) is 4.37. The minimum absolute atomic E-state index is 0.0971. The van der Waals surface area contributed by atoms with Gasteiger partial charge in [-0.25, -0.2) is 0 Å². The number of ether oxygens (including phenoxy) is 1. The van der Waals surface area contributed by atoms with Crippen molar-refractivity contribution in [2.45, 2.75) is 90.5 Å². The van der Waals surface area contributed by atoms with Crippen molar-refractivity contribution in [2.75, 3.05) is 7.11 Å². The van der Waals surface area contributed by atoms with Gasteiger partial charge in [-0.05, 0) is 48.2 Å². The van der Waals surface area contributed by atoms with Crippen molar-refractivity contribution >= 4 is 14.3 Å². The summed E-state index contributed by atoms with van der Waals surface area (Å²) < 4.78 is 12.5. The lowest BCUT2D eigenvalue weighted by Gasteiger charge is -2.57. The Labute approximate surface area is 155 Å². The van der Waals surface area contributed by atoms with Crippen molar-refractivity contribution in [3.8, 4) is 0 Å². The second-order valence-corrected chi connectivity index (χ2v) is 14.6. The molecule has 0 unspecified atom stereocenters. The normalized spacial score (nSPS) is 32.5. The largest absolute Gasteiger partial charge is 0.469 e. The van der Waals surface area contributed by atoms with Gasteiger partial charge in [-0.3, -0.25) is 4.79 Å². The van der Waals surface area contributed by atoms with E-state index in [4.69, 9.17) is 9.16 Å². The zero-order valence-corrected chi connectivity index (χ0v) is 18.7. The Morgan fingerprint density at radius 3 is 2.08 bits per heavy atom. The first-order chi connectivity index (χ1) is 11.5. The van der Waals surface area contributed by atoms with Crippen molar-refractivity contribution in [1.82, 2.24) is 0 Å². The number of methoxy groups -OCH3 is 1. The van der Waals surface area contributed by atoms with Crippen LogP contribution in [0.4, 0.5) is 0 Å². The van der Waals surface area contributed by atoms with Crippen LogP contribution in [0.25, 0.3) is 0 Å². The van der Waals surface area contributed by atoms with Gasteiger partial charge in [0.05, 0.1) is 18.6 Å². The number of rotatable bonds is 6. The average Bonchev–Trinajstić information content (AvgIpc) is 2.51. The molecule has 25 heavy (non-hydrogen) atoms. The molecule has 0 aliphatic heterocycles. The van der Waals surface area contributed by atoms with Crippen LogP contribution in [0.3, 0.4) is 0 Å². The molecule has 0 saturated heterocycles. The van der Waals surface area contributed by atoms with E-state index in [-0.39, 0.29) is 17.8 Å². The molecule has 3 aliphatic carbocycles. The van der Waals surface area contributed by atoms with Crippen molar-refractivity contribution in [3.63, 3.8) is 0 Å². The highest BCUT2D eigenvalue weighted by atomic mass is 28.4. The predicted octanol–water partition coefficient (Wildman–Crippen LogP) is 5.71. The SMILES string of the molecule is COC(=O)[C@@H]1[C@@H](C)[C@H]2CC[C@]1(O[Si](C(C)C)(C(C)C)C(C)C)C=C2C. The molecule has 1 fully saturated rings. The molecular formula is C21H38O3Si. The molecule has 4 heteroatoms. The molecule has 4 atom stereocenters. The number of fused-ring (bicyclic) bond motifs is 2. The number of carbonyl (C=O) groups excluding carboxylic acids is 1. The standard InChI is InChI=1S/C21H38O3Si/c1-13(2)25(14(3)4,15(5)6)24-21-11-10-18(16(7)12-21)17(8)19(21)20(22)23-9/h12-15,17-19H,10-11H2,1-9H3/t17-,18-,19-,21-/m0/s1. The quantitative estimate of drug-likeness (QED) is 0.343. The zero-order valence-electron chi connectivity index (χ0n) is 17.7. The summed E-state index contributed by atoms with van der Waals surface area (Å²) in [5.74, 6) is 0.496. The Bertz CT molecular complexity index is 515. The van der Waals surface area contributed by atoms with E-state index in [2.05, 4.69) is 61.5 Å². The van der Waals surface area contributed by atoms with Gasteiger partial charge in [-0.2, -0.15) is 0 Å². The van der Waals surface area contributed by atoms with Crippen LogP contribution < -0.4 is 0 Å². The van der Waals surface area contributed by atoms with E-state index < -0.39 is 13.9 Å². The van der Waals surface area contributed by atoms with Crippen LogP contribution in [0.15, 0.2) is 11.6 Å². The lowest BCUT2D eigenvalue weighted by molar-refractivity contribution is -0.162. The first kappa shape index (κ1) is 20.7. The number of carbonyl (C=O) groups is 1. The molecule has 144 valence electrons. The molecule has 0 aromatic carbocycles. The summed E-state index contributed by atoms with van der Waals surface area (Å²) in [6, 6.07) is 0. The summed E-state index contributed by atoms with van der Waals surface area (Å²) in [6.45, 7) is 18.3. The molecule has 3 aliphatic rings. The lowest BCUT2D eigenvalue weighted by Crippen LogP contribution is -2.62. The maximum absolute atomic E-state index is 12.8. The molecule has 3 nitrogen and oxygen atoms in total. The Hall–Kier alpha value is -0.613. The van der Waals surface area contributed by atoms with E-state index in [0.29, 0.717) is 22.5 Å². The topological polar surface area (TPSA) is 35.5 Å². The van der Waals surface area contributed by atoms with E-state index in [0.717, 1.165) is 12.8 Å². The lowest BCUT2D eigenvalue weighted by atomic mass is 9.58. The fourth-order valence-electron chi connectivity index (χ4n) is 6.14. The van der Waals surface area contributed by atoms with Gasteiger partial charge < -0.3 is 9.16 Å². The Morgan fingerprint density at radius 2 is 1.68 bits per heavy atom. The van der Waals surface area contributed by atoms with Gasteiger partial charge >= 0.3 is 5.97 Å². The van der Waals surface area contributed by atoms with Crippen LogP contribution in [0, 0.1) is 17.8 Å². The second-order valence-electron chi connectivity index (χ2n) is 9.27. The number of allylic oxidation sites excluding steroid dienone is 1. The van der Waals surface area contributed by atoms with Crippen molar-refractivity contribution in [2.24, 2.45) is 17.8 Å². The van der Waals surface area contributed by atoms with Gasteiger partial charge in [-0.1, -0.05) is 60.1 Å². The second kappa shape index (κ2) is 7.19. The third kappa shape index (κ3) is 3.14. The Morgan fingerprint density at radius 1 is 1.16 bits per heavy atom. The molecule has 0 radical (unpaired) electrons. The number of hydrogen-bond donors (Lipinski definition) is 0. The summed E-state index contributed by atoms with van der Waals surface area (Å²) in [7, 11) is -0.582. The van der Waals surface area contributed by atoms with Gasteiger partial charge in [-0.15, -0.1) is 0 Å². The fourth-order valence-corrected chi connectivity index (χ4v) is 11.8. The zero-order chi connectivity index (χ0) is 19.2. The summed E-state index contributed by atoms with van der Waals surface area (Å²) in [5.41, 5.74) is 2.44. The molecule has 0 spiro atoms. The molecule has 0 aromatic rings. The van der Waals surface area contributed by atoms with E-state index in [1.165, 1.54) is 12.7 Å². The van der Waals surface area contributed by atoms with E-state index in [9.17, 15) is 4.79 Å². The first-order valence-electron chi connectivity index (χ1n) is 10.0. The van der Waals surface area contributed by atoms with E-state index >= 15 is 0 Å². The van der Waals surface area contributed by atoms with Crippen LogP contribution in [-0.4, -0.2) is 27.0 Å². The molecule has 2 bridgehead atoms. The van der Waals surface area contributed by atoms with Gasteiger partial charge in [0, 0.05) is 0 Å². The van der Waals surface area contributed by atoms with Crippen LogP contribution in [0.5, 0.6) is 0 Å². The number of hydrogen-bond acceptors (Lipinski definition) is 3. The molecule has 3 rings (SSSR count). The highest BCUT2D eigenvalue weighted by Gasteiger charge is 2.60. The highest BCUT2D eigenvalue weighted by Crippen LogP contribution is 2.56.